The third kappa shape index (κ3) is 3.93. The van der Waals surface area contributed by atoms with Crippen molar-refractivity contribution in [1.29, 1.82) is 0 Å². The Bertz CT molecular complexity index is 755. The third-order valence-corrected chi connectivity index (χ3v) is 5.22. The molecule has 5 heteroatoms. The molecule has 2 aromatic carbocycles. The lowest BCUT2D eigenvalue weighted by Gasteiger charge is -2.15. The number of aryl methyl sites for hydroxylation is 2. The number of nitrogens with one attached hydrogen (secondary N) is 1. The number of halogens is 1. The molecule has 0 aromatic heterocycles. The summed E-state index contributed by atoms with van der Waals surface area (Å²) in [4.78, 5) is 0.304. The van der Waals surface area contributed by atoms with Gasteiger partial charge in [-0.1, -0.05) is 31.2 Å². The van der Waals surface area contributed by atoms with E-state index < -0.39 is 10.0 Å². The van der Waals surface area contributed by atoms with Gasteiger partial charge in [0.15, 0.2) is 0 Å². The minimum atomic E-state index is -3.55. The van der Waals surface area contributed by atoms with E-state index in [0.717, 1.165) is 11.1 Å². The van der Waals surface area contributed by atoms with E-state index in [9.17, 15) is 12.8 Å². The van der Waals surface area contributed by atoms with Crippen molar-refractivity contribution in [2.24, 2.45) is 0 Å². The molecule has 1 unspecified atom stereocenters. The SMILES string of the molecule is Cc1ccc(C)c(S(=O)(=O)NCC(C)c2ccc(F)cc2)c1. The predicted octanol–water partition coefficient (Wildman–Crippen LogP) is 3.52. The van der Waals surface area contributed by atoms with E-state index in [1.165, 1.54) is 12.1 Å². The molecule has 22 heavy (non-hydrogen) atoms. The highest BCUT2D eigenvalue weighted by Gasteiger charge is 2.18. The minimum absolute atomic E-state index is 0.0412. The molecule has 0 radical (unpaired) electrons. The Kier molecular flexibility index (Phi) is 4.98. The summed E-state index contributed by atoms with van der Waals surface area (Å²) in [7, 11) is -3.55. The Morgan fingerprint density at radius 3 is 2.36 bits per heavy atom. The van der Waals surface area contributed by atoms with Crippen molar-refractivity contribution in [2.75, 3.05) is 6.54 Å². The topological polar surface area (TPSA) is 46.2 Å². The van der Waals surface area contributed by atoms with Gasteiger partial charge in [-0.15, -0.1) is 0 Å². The average Bonchev–Trinajstić information content (AvgIpc) is 2.48. The highest BCUT2D eigenvalue weighted by atomic mass is 32.2. The van der Waals surface area contributed by atoms with Crippen molar-refractivity contribution in [3.05, 3.63) is 65.0 Å². The molecular weight excluding hydrogens is 301 g/mol. The second-order valence-corrected chi connectivity index (χ2v) is 7.31. The fraction of sp³-hybridized carbons (Fsp3) is 0.294. The number of hydrogen-bond donors (Lipinski definition) is 1. The van der Waals surface area contributed by atoms with Crippen LogP contribution in [0.5, 0.6) is 0 Å². The van der Waals surface area contributed by atoms with E-state index in [0.29, 0.717) is 10.5 Å². The molecule has 0 saturated carbocycles. The van der Waals surface area contributed by atoms with Gasteiger partial charge in [-0.05, 0) is 54.7 Å². The van der Waals surface area contributed by atoms with Crippen LogP contribution in [0.4, 0.5) is 4.39 Å². The molecule has 2 rings (SSSR count). The van der Waals surface area contributed by atoms with Gasteiger partial charge in [-0.3, -0.25) is 0 Å². The summed E-state index contributed by atoms with van der Waals surface area (Å²) in [6, 6.07) is 11.5. The van der Waals surface area contributed by atoms with Gasteiger partial charge in [0.25, 0.3) is 0 Å². The molecule has 1 N–H and O–H groups in total. The molecule has 118 valence electrons. The maximum atomic E-state index is 12.9. The lowest BCUT2D eigenvalue weighted by atomic mass is 10.0. The number of benzene rings is 2. The van der Waals surface area contributed by atoms with E-state index in [4.69, 9.17) is 0 Å². The summed E-state index contributed by atoms with van der Waals surface area (Å²) in [5.74, 6) is -0.340. The van der Waals surface area contributed by atoms with Crippen LogP contribution in [-0.4, -0.2) is 15.0 Å². The fourth-order valence-corrected chi connectivity index (χ4v) is 3.68. The Morgan fingerprint density at radius 1 is 1.09 bits per heavy atom. The standard InChI is InChI=1S/C17H20FNO2S/c1-12-4-5-13(2)17(10-12)22(20,21)19-11-14(3)15-6-8-16(18)9-7-15/h4-10,14,19H,11H2,1-3H3. The van der Waals surface area contributed by atoms with Crippen LogP contribution in [0.2, 0.25) is 0 Å². The van der Waals surface area contributed by atoms with Crippen molar-refractivity contribution in [1.82, 2.24) is 4.72 Å². The zero-order valence-electron chi connectivity index (χ0n) is 12.9. The van der Waals surface area contributed by atoms with Crippen LogP contribution in [0, 0.1) is 19.7 Å². The van der Waals surface area contributed by atoms with Gasteiger partial charge in [0, 0.05) is 6.54 Å². The second kappa shape index (κ2) is 6.58. The lowest BCUT2D eigenvalue weighted by Crippen LogP contribution is -2.28. The Morgan fingerprint density at radius 2 is 1.73 bits per heavy atom. The van der Waals surface area contributed by atoms with Crippen molar-refractivity contribution in [3.8, 4) is 0 Å². The number of rotatable bonds is 5. The highest BCUT2D eigenvalue weighted by Crippen LogP contribution is 2.19. The van der Waals surface area contributed by atoms with Gasteiger partial charge in [-0.25, -0.2) is 17.5 Å². The molecule has 0 aliphatic carbocycles. The molecule has 0 heterocycles. The second-order valence-electron chi connectivity index (χ2n) is 5.57. The Labute approximate surface area is 131 Å². The van der Waals surface area contributed by atoms with Gasteiger partial charge in [0.05, 0.1) is 4.90 Å². The zero-order chi connectivity index (χ0) is 16.3. The maximum absolute atomic E-state index is 12.9. The first-order valence-corrected chi connectivity index (χ1v) is 8.60. The van der Waals surface area contributed by atoms with Crippen molar-refractivity contribution >= 4 is 10.0 Å². The van der Waals surface area contributed by atoms with E-state index >= 15 is 0 Å². The molecule has 2 aromatic rings. The van der Waals surface area contributed by atoms with Gasteiger partial charge < -0.3 is 0 Å². The van der Waals surface area contributed by atoms with Crippen LogP contribution in [-0.2, 0) is 10.0 Å². The molecule has 0 fully saturated rings. The average molecular weight is 321 g/mol. The molecule has 0 saturated heterocycles. The molecule has 0 aliphatic heterocycles. The van der Waals surface area contributed by atoms with E-state index in [2.05, 4.69) is 4.72 Å². The Hall–Kier alpha value is -1.72. The summed E-state index contributed by atoms with van der Waals surface area (Å²) in [6.45, 7) is 5.80. The van der Waals surface area contributed by atoms with E-state index in [-0.39, 0.29) is 18.3 Å². The van der Waals surface area contributed by atoms with Gasteiger partial charge in [-0.2, -0.15) is 0 Å². The molecular formula is C17H20FNO2S. The molecule has 0 aliphatic rings. The van der Waals surface area contributed by atoms with Crippen LogP contribution >= 0.6 is 0 Å². The lowest BCUT2D eigenvalue weighted by molar-refractivity contribution is 0.573. The van der Waals surface area contributed by atoms with Crippen LogP contribution in [0.1, 0.15) is 29.5 Å². The summed E-state index contributed by atoms with van der Waals surface area (Å²) < 4.78 is 40.4. The minimum Gasteiger partial charge on any atom is -0.211 e. The van der Waals surface area contributed by atoms with Gasteiger partial charge >= 0.3 is 0 Å². The molecule has 3 nitrogen and oxygen atoms in total. The zero-order valence-corrected chi connectivity index (χ0v) is 13.7. The van der Waals surface area contributed by atoms with Crippen molar-refractivity contribution in [3.63, 3.8) is 0 Å². The Balaban J connectivity index is 2.12. The number of hydrogen-bond acceptors (Lipinski definition) is 2. The molecule has 0 bridgehead atoms. The molecule has 0 spiro atoms. The summed E-state index contributed by atoms with van der Waals surface area (Å²) >= 11 is 0. The van der Waals surface area contributed by atoms with Gasteiger partial charge in [0.2, 0.25) is 10.0 Å². The van der Waals surface area contributed by atoms with E-state index in [1.807, 2.05) is 19.9 Å². The predicted molar refractivity (Wildman–Crippen MR) is 85.9 cm³/mol. The first-order valence-electron chi connectivity index (χ1n) is 7.12. The summed E-state index contributed by atoms with van der Waals surface area (Å²) in [6.07, 6.45) is 0. The van der Waals surface area contributed by atoms with Crippen LogP contribution in [0.3, 0.4) is 0 Å². The van der Waals surface area contributed by atoms with Gasteiger partial charge in [0.1, 0.15) is 5.82 Å². The van der Waals surface area contributed by atoms with Crippen LogP contribution < -0.4 is 4.72 Å². The summed E-state index contributed by atoms with van der Waals surface area (Å²) in [5.41, 5.74) is 2.51. The molecule has 1 atom stereocenters. The monoisotopic (exact) mass is 321 g/mol. The van der Waals surface area contributed by atoms with Crippen LogP contribution in [0.15, 0.2) is 47.4 Å². The maximum Gasteiger partial charge on any atom is 0.240 e. The fourth-order valence-electron chi connectivity index (χ4n) is 2.22. The largest absolute Gasteiger partial charge is 0.240 e. The number of sulfonamides is 1. The van der Waals surface area contributed by atoms with Crippen LogP contribution in [0.25, 0.3) is 0 Å². The normalized spacial score (nSPS) is 13.1. The third-order valence-electron chi connectivity index (χ3n) is 3.65. The summed E-state index contributed by atoms with van der Waals surface area (Å²) in [5, 5.41) is 0. The van der Waals surface area contributed by atoms with Crippen molar-refractivity contribution in [2.45, 2.75) is 31.6 Å². The first-order chi connectivity index (χ1) is 10.3. The first kappa shape index (κ1) is 16.6. The smallest absolute Gasteiger partial charge is 0.211 e. The van der Waals surface area contributed by atoms with Crippen molar-refractivity contribution < 1.29 is 12.8 Å². The molecule has 0 amide bonds. The highest BCUT2D eigenvalue weighted by molar-refractivity contribution is 7.89. The quantitative estimate of drug-likeness (QED) is 0.916. The van der Waals surface area contributed by atoms with E-state index in [1.54, 1.807) is 31.2 Å².